The van der Waals surface area contributed by atoms with Crippen molar-refractivity contribution in [3.63, 3.8) is 0 Å². The highest BCUT2D eigenvalue weighted by atomic mass is 16.5. The Morgan fingerprint density at radius 2 is 2.15 bits per heavy atom. The predicted octanol–water partition coefficient (Wildman–Crippen LogP) is 0.0694. The van der Waals surface area contributed by atoms with Gasteiger partial charge in [0, 0.05) is 44.8 Å². The van der Waals surface area contributed by atoms with Gasteiger partial charge in [0.1, 0.15) is 5.75 Å². The smallest absolute Gasteiger partial charge is 0.119 e. The Balaban J connectivity index is 1.70. The van der Waals surface area contributed by atoms with E-state index in [9.17, 15) is 0 Å². The summed E-state index contributed by atoms with van der Waals surface area (Å²) < 4.78 is 5.29. The SMILES string of the molecule is COc1cccc(CC(NN)C2CN3CCN2CC3)c1. The second-order valence-electron chi connectivity index (χ2n) is 5.73. The Labute approximate surface area is 120 Å². The maximum Gasteiger partial charge on any atom is 0.119 e. The molecule has 4 rings (SSSR count). The number of hydrazine groups is 1. The van der Waals surface area contributed by atoms with Gasteiger partial charge in [-0.05, 0) is 24.1 Å². The van der Waals surface area contributed by atoms with Gasteiger partial charge in [0.25, 0.3) is 0 Å². The number of piperazine rings is 3. The first-order valence-electron chi connectivity index (χ1n) is 7.35. The van der Waals surface area contributed by atoms with Crippen molar-refractivity contribution in [2.45, 2.75) is 18.5 Å². The van der Waals surface area contributed by atoms with Crippen LogP contribution in [0.15, 0.2) is 24.3 Å². The molecular formula is C15H24N4O. The number of ether oxygens (including phenoxy) is 1. The third kappa shape index (κ3) is 2.81. The quantitative estimate of drug-likeness (QED) is 0.589. The molecule has 20 heavy (non-hydrogen) atoms. The first-order chi connectivity index (χ1) is 9.80. The van der Waals surface area contributed by atoms with Crippen LogP contribution in [0, 0.1) is 0 Å². The number of nitrogens with two attached hydrogens (primary N) is 1. The van der Waals surface area contributed by atoms with Gasteiger partial charge in [0.05, 0.1) is 7.11 Å². The van der Waals surface area contributed by atoms with Crippen molar-refractivity contribution >= 4 is 0 Å². The van der Waals surface area contributed by atoms with Crippen LogP contribution >= 0.6 is 0 Å². The minimum Gasteiger partial charge on any atom is -0.497 e. The molecule has 0 amide bonds. The van der Waals surface area contributed by atoms with Crippen molar-refractivity contribution in [3.8, 4) is 5.75 Å². The van der Waals surface area contributed by atoms with Crippen LogP contribution in [0.1, 0.15) is 5.56 Å². The van der Waals surface area contributed by atoms with E-state index in [1.807, 2.05) is 12.1 Å². The fourth-order valence-corrected chi connectivity index (χ4v) is 3.40. The number of rotatable bonds is 5. The van der Waals surface area contributed by atoms with Gasteiger partial charge >= 0.3 is 0 Å². The third-order valence-electron chi connectivity index (χ3n) is 4.59. The van der Waals surface area contributed by atoms with Crippen molar-refractivity contribution in [3.05, 3.63) is 29.8 Å². The number of hydrogen-bond donors (Lipinski definition) is 2. The van der Waals surface area contributed by atoms with Gasteiger partial charge < -0.3 is 4.74 Å². The zero-order valence-corrected chi connectivity index (χ0v) is 12.1. The highest BCUT2D eigenvalue weighted by Gasteiger charge is 2.36. The van der Waals surface area contributed by atoms with Crippen molar-refractivity contribution < 1.29 is 4.74 Å². The molecule has 1 aromatic rings. The topological polar surface area (TPSA) is 53.8 Å². The van der Waals surface area contributed by atoms with Crippen LogP contribution in [0.3, 0.4) is 0 Å². The highest BCUT2D eigenvalue weighted by Crippen LogP contribution is 2.21. The number of fused-ring (bicyclic) bond motifs is 3. The summed E-state index contributed by atoms with van der Waals surface area (Å²) in [4.78, 5) is 5.12. The highest BCUT2D eigenvalue weighted by molar-refractivity contribution is 5.29. The lowest BCUT2D eigenvalue weighted by Gasteiger charge is -2.50. The molecule has 5 heteroatoms. The molecular weight excluding hydrogens is 252 g/mol. The monoisotopic (exact) mass is 276 g/mol. The van der Waals surface area contributed by atoms with E-state index in [0.29, 0.717) is 6.04 Å². The molecule has 3 fully saturated rings. The van der Waals surface area contributed by atoms with Crippen molar-refractivity contribution in [1.82, 2.24) is 15.2 Å². The average molecular weight is 276 g/mol. The van der Waals surface area contributed by atoms with E-state index in [0.717, 1.165) is 18.7 Å². The van der Waals surface area contributed by atoms with Crippen LogP contribution in [-0.4, -0.2) is 61.7 Å². The Morgan fingerprint density at radius 3 is 2.75 bits per heavy atom. The largest absolute Gasteiger partial charge is 0.497 e. The van der Waals surface area contributed by atoms with E-state index in [1.54, 1.807) is 7.11 Å². The van der Waals surface area contributed by atoms with E-state index < -0.39 is 0 Å². The summed E-state index contributed by atoms with van der Waals surface area (Å²) in [5, 5.41) is 0. The second kappa shape index (κ2) is 6.10. The van der Waals surface area contributed by atoms with Crippen LogP contribution in [0.2, 0.25) is 0 Å². The van der Waals surface area contributed by atoms with Gasteiger partial charge in [-0.15, -0.1) is 0 Å². The summed E-state index contributed by atoms with van der Waals surface area (Å²) in [5.41, 5.74) is 4.30. The number of hydrogen-bond acceptors (Lipinski definition) is 5. The minimum atomic E-state index is 0.283. The molecule has 2 bridgehead atoms. The maximum absolute atomic E-state index is 5.83. The van der Waals surface area contributed by atoms with Crippen LogP contribution in [0.4, 0.5) is 0 Å². The van der Waals surface area contributed by atoms with Gasteiger partial charge in [0.2, 0.25) is 0 Å². The fourth-order valence-electron chi connectivity index (χ4n) is 3.40. The van der Waals surface area contributed by atoms with Gasteiger partial charge in [-0.25, -0.2) is 0 Å². The van der Waals surface area contributed by atoms with Crippen LogP contribution in [0.5, 0.6) is 5.75 Å². The summed E-state index contributed by atoms with van der Waals surface area (Å²) in [6.45, 7) is 5.86. The number of nitrogens with zero attached hydrogens (tertiary/aromatic N) is 2. The summed E-state index contributed by atoms with van der Waals surface area (Å²) >= 11 is 0. The Hall–Kier alpha value is -1.14. The first-order valence-corrected chi connectivity index (χ1v) is 7.35. The first kappa shape index (κ1) is 13.8. The Bertz CT molecular complexity index is 445. The standard InChI is InChI=1S/C15H24N4O/c1-20-13-4-2-3-12(9-13)10-14(17-16)15-11-18-5-7-19(15)8-6-18/h2-4,9,14-15,17H,5-8,10-11,16H2,1H3. The van der Waals surface area contributed by atoms with E-state index in [1.165, 1.54) is 31.7 Å². The number of methoxy groups -OCH3 is 1. The molecule has 2 unspecified atom stereocenters. The van der Waals surface area contributed by atoms with Crippen molar-refractivity contribution in [2.24, 2.45) is 5.84 Å². The molecule has 0 spiro atoms. The molecule has 0 aliphatic carbocycles. The lowest BCUT2D eigenvalue weighted by atomic mass is 9.95. The molecule has 3 saturated heterocycles. The molecule has 5 nitrogen and oxygen atoms in total. The predicted molar refractivity (Wildman–Crippen MR) is 79.6 cm³/mol. The van der Waals surface area contributed by atoms with Gasteiger partial charge in [-0.3, -0.25) is 21.1 Å². The van der Waals surface area contributed by atoms with E-state index >= 15 is 0 Å². The maximum atomic E-state index is 5.83. The molecule has 0 radical (unpaired) electrons. The van der Waals surface area contributed by atoms with E-state index in [2.05, 4.69) is 27.4 Å². The molecule has 3 aliphatic rings. The molecule has 3 aliphatic heterocycles. The van der Waals surface area contributed by atoms with Gasteiger partial charge in [0.15, 0.2) is 0 Å². The molecule has 110 valence electrons. The van der Waals surface area contributed by atoms with Crippen LogP contribution in [0.25, 0.3) is 0 Å². The van der Waals surface area contributed by atoms with E-state index in [-0.39, 0.29) is 6.04 Å². The lowest BCUT2D eigenvalue weighted by molar-refractivity contribution is -0.00315. The molecule has 3 heterocycles. The van der Waals surface area contributed by atoms with Gasteiger partial charge in [-0.1, -0.05) is 12.1 Å². The zero-order valence-electron chi connectivity index (χ0n) is 12.1. The summed E-state index contributed by atoms with van der Waals surface area (Å²) in [6, 6.07) is 9.05. The number of benzene rings is 1. The molecule has 0 saturated carbocycles. The number of nitrogens with one attached hydrogen (secondary N) is 1. The molecule has 1 aromatic carbocycles. The fraction of sp³-hybridized carbons (Fsp3) is 0.600. The summed E-state index contributed by atoms with van der Waals surface area (Å²) in [5.74, 6) is 6.74. The Morgan fingerprint density at radius 1 is 1.35 bits per heavy atom. The molecule has 3 N–H and O–H groups in total. The third-order valence-corrected chi connectivity index (χ3v) is 4.59. The van der Waals surface area contributed by atoms with E-state index in [4.69, 9.17) is 10.6 Å². The zero-order chi connectivity index (χ0) is 13.9. The Kier molecular flexibility index (Phi) is 4.21. The summed E-state index contributed by atoms with van der Waals surface area (Å²) in [6.07, 6.45) is 0.933. The van der Waals surface area contributed by atoms with Crippen molar-refractivity contribution in [1.29, 1.82) is 0 Å². The lowest BCUT2D eigenvalue weighted by Crippen LogP contribution is -2.67. The second-order valence-corrected chi connectivity index (χ2v) is 5.73. The summed E-state index contributed by atoms with van der Waals surface area (Å²) in [7, 11) is 1.71. The van der Waals surface area contributed by atoms with Crippen molar-refractivity contribution in [2.75, 3.05) is 39.8 Å². The molecule has 0 aromatic heterocycles. The van der Waals surface area contributed by atoms with Gasteiger partial charge in [-0.2, -0.15) is 0 Å². The van der Waals surface area contributed by atoms with Crippen LogP contribution < -0.4 is 16.0 Å². The molecule has 2 atom stereocenters. The normalized spacial score (nSPS) is 30.2. The van der Waals surface area contributed by atoms with Crippen LogP contribution in [-0.2, 0) is 6.42 Å². The minimum absolute atomic E-state index is 0.283. The average Bonchev–Trinajstić information content (AvgIpc) is 2.54.